The number of rotatable bonds is 3. The molecule has 0 saturated heterocycles. The SMILES string of the molecule is CNC1CCCC1OC(=O)C(C)C. The molecule has 1 aliphatic rings. The summed E-state index contributed by atoms with van der Waals surface area (Å²) in [6.45, 7) is 3.73. The monoisotopic (exact) mass is 185 g/mol. The first-order chi connectivity index (χ1) is 6.15. The molecule has 3 nitrogen and oxygen atoms in total. The number of nitrogens with one attached hydrogen (secondary N) is 1. The van der Waals surface area contributed by atoms with Gasteiger partial charge in [0, 0.05) is 6.04 Å². The summed E-state index contributed by atoms with van der Waals surface area (Å²) in [5.74, 6) is -0.0924. The molecule has 0 amide bonds. The maximum atomic E-state index is 11.3. The van der Waals surface area contributed by atoms with E-state index in [1.165, 1.54) is 0 Å². The predicted molar refractivity (Wildman–Crippen MR) is 51.4 cm³/mol. The van der Waals surface area contributed by atoms with Crippen LogP contribution in [0.3, 0.4) is 0 Å². The summed E-state index contributed by atoms with van der Waals surface area (Å²) >= 11 is 0. The summed E-state index contributed by atoms with van der Waals surface area (Å²) in [6.07, 6.45) is 3.37. The summed E-state index contributed by atoms with van der Waals surface area (Å²) in [7, 11) is 1.92. The van der Waals surface area contributed by atoms with E-state index in [4.69, 9.17) is 4.74 Å². The molecule has 0 bridgehead atoms. The van der Waals surface area contributed by atoms with Crippen LogP contribution >= 0.6 is 0 Å². The zero-order valence-corrected chi connectivity index (χ0v) is 8.67. The van der Waals surface area contributed by atoms with Crippen molar-refractivity contribution in [2.75, 3.05) is 7.05 Å². The van der Waals surface area contributed by atoms with E-state index in [9.17, 15) is 4.79 Å². The van der Waals surface area contributed by atoms with E-state index in [1.54, 1.807) is 0 Å². The van der Waals surface area contributed by atoms with Gasteiger partial charge in [-0.1, -0.05) is 13.8 Å². The first-order valence-corrected chi connectivity index (χ1v) is 5.03. The van der Waals surface area contributed by atoms with E-state index in [0.29, 0.717) is 6.04 Å². The van der Waals surface area contributed by atoms with Gasteiger partial charge in [0.25, 0.3) is 0 Å². The normalized spacial score (nSPS) is 28.0. The molecular weight excluding hydrogens is 166 g/mol. The second-order valence-corrected chi connectivity index (χ2v) is 3.96. The van der Waals surface area contributed by atoms with Gasteiger partial charge in [-0.2, -0.15) is 0 Å². The number of hydrogen-bond donors (Lipinski definition) is 1. The van der Waals surface area contributed by atoms with Crippen molar-refractivity contribution < 1.29 is 9.53 Å². The minimum Gasteiger partial charge on any atom is -0.461 e. The average molecular weight is 185 g/mol. The van der Waals surface area contributed by atoms with Crippen molar-refractivity contribution in [2.24, 2.45) is 5.92 Å². The molecule has 1 N–H and O–H groups in total. The highest BCUT2D eigenvalue weighted by atomic mass is 16.5. The maximum Gasteiger partial charge on any atom is 0.308 e. The second kappa shape index (κ2) is 4.61. The minimum absolute atomic E-state index is 0.0156. The van der Waals surface area contributed by atoms with Gasteiger partial charge in [0.2, 0.25) is 0 Å². The lowest BCUT2D eigenvalue weighted by molar-refractivity contribution is -0.153. The topological polar surface area (TPSA) is 38.3 Å². The molecule has 0 aromatic rings. The Kier molecular flexibility index (Phi) is 3.72. The van der Waals surface area contributed by atoms with E-state index >= 15 is 0 Å². The Bertz CT molecular complexity index is 180. The predicted octanol–water partition coefficient (Wildman–Crippen LogP) is 1.33. The Morgan fingerprint density at radius 2 is 2.15 bits per heavy atom. The van der Waals surface area contributed by atoms with Gasteiger partial charge in [-0.25, -0.2) is 0 Å². The quantitative estimate of drug-likeness (QED) is 0.674. The molecular formula is C10H19NO2. The highest BCUT2D eigenvalue weighted by Gasteiger charge is 2.29. The zero-order chi connectivity index (χ0) is 9.84. The smallest absolute Gasteiger partial charge is 0.308 e. The van der Waals surface area contributed by atoms with Crippen LogP contribution in [-0.4, -0.2) is 25.2 Å². The Morgan fingerprint density at radius 3 is 2.69 bits per heavy atom. The third-order valence-electron chi connectivity index (χ3n) is 2.56. The van der Waals surface area contributed by atoms with Crippen LogP contribution in [0.25, 0.3) is 0 Å². The Hall–Kier alpha value is -0.570. The number of carbonyl (C=O) groups excluding carboxylic acids is 1. The molecule has 1 fully saturated rings. The number of likely N-dealkylation sites (N-methyl/N-ethyl adjacent to an activating group) is 1. The second-order valence-electron chi connectivity index (χ2n) is 3.96. The van der Waals surface area contributed by atoms with Crippen LogP contribution in [-0.2, 0) is 9.53 Å². The third-order valence-corrected chi connectivity index (χ3v) is 2.56. The standard InChI is InChI=1S/C10H19NO2/c1-7(2)10(12)13-9-6-4-5-8(9)11-3/h7-9,11H,4-6H2,1-3H3. The van der Waals surface area contributed by atoms with Crippen LogP contribution in [0, 0.1) is 5.92 Å². The Morgan fingerprint density at radius 1 is 1.46 bits per heavy atom. The molecule has 1 aliphatic carbocycles. The fraction of sp³-hybridized carbons (Fsp3) is 0.900. The maximum absolute atomic E-state index is 11.3. The first-order valence-electron chi connectivity index (χ1n) is 5.03. The van der Waals surface area contributed by atoms with E-state index in [1.807, 2.05) is 20.9 Å². The molecule has 13 heavy (non-hydrogen) atoms. The van der Waals surface area contributed by atoms with Crippen molar-refractivity contribution in [3.8, 4) is 0 Å². The summed E-state index contributed by atoms with van der Waals surface area (Å²) in [6, 6.07) is 0.364. The van der Waals surface area contributed by atoms with Gasteiger partial charge in [0.05, 0.1) is 5.92 Å². The third kappa shape index (κ3) is 2.69. The van der Waals surface area contributed by atoms with Gasteiger partial charge >= 0.3 is 5.97 Å². The van der Waals surface area contributed by atoms with Gasteiger partial charge in [0.1, 0.15) is 6.10 Å². The van der Waals surface area contributed by atoms with Gasteiger partial charge < -0.3 is 10.1 Å². The highest BCUT2D eigenvalue weighted by molar-refractivity contribution is 5.71. The molecule has 0 spiro atoms. The van der Waals surface area contributed by atoms with Crippen LogP contribution < -0.4 is 5.32 Å². The number of esters is 1. The van der Waals surface area contributed by atoms with Gasteiger partial charge in [-0.15, -0.1) is 0 Å². The molecule has 0 aliphatic heterocycles. The molecule has 0 heterocycles. The van der Waals surface area contributed by atoms with Gasteiger partial charge in [-0.05, 0) is 26.3 Å². The van der Waals surface area contributed by atoms with Crippen molar-refractivity contribution in [3.05, 3.63) is 0 Å². The van der Waals surface area contributed by atoms with Crippen LogP contribution in [0.5, 0.6) is 0 Å². The summed E-state index contributed by atoms with van der Waals surface area (Å²) in [5.41, 5.74) is 0. The van der Waals surface area contributed by atoms with E-state index in [2.05, 4.69) is 5.32 Å². The molecule has 76 valence electrons. The van der Waals surface area contributed by atoms with Crippen molar-refractivity contribution in [1.29, 1.82) is 0 Å². The molecule has 2 unspecified atom stereocenters. The number of carbonyl (C=O) groups is 1. The lowest BCUT2D eigenvalue weighted by Crippen LogP contribution is -2.36. The van der Waals surface area contributed by atoms with Crippen LogP contribution in [0.4, 0.5) is 0 Å². The van der Waals surface area contributed by atoms with E-state index in [0.717, 1.165) is 19.3 Å². The fourth-order valence-electron chi connectivity index (χ4n) is 1.68. The molecule has 0 radical (unpaired) electrons. The van der Waals surface area contributed by atoms with Crippen molar-refractivity contribution in [2.45, 2.75) is 45.3 Å². The van der Waals surface area contributed by atoms with Crippen molar-refractivity contribution in [1.82, 2.24) is 5.32 Å². The number of ether oxygens (including phenoxy) is 1. The van der Waals surface area contributed by atoms with Crippen LogP contribution in [0.2, 0.25) is 0 Å². The largest absolute Gasteiger partial charge is 0.461 e. The summed E-state index contributed by atoms with van der Waals surface area (Å²) in [4.78, 5) is 11.3. The van der Waals surface area contributed by atoms with Crippen molar-refractivity contribution >= 4 is 5.97 Å². The van der Waals surface area contributed by atoms with Crippen LogP contribution in [0.15, 0.2) is 0 Å². The summed E-state index contributed by atoms with van der Waals surface area (Å²) < 4.78 is 5.37. The lowest BCUT2D eigenvalue weighted by atomic mass is 10.2. The van der Waals surface area contributed by atoms with E-state index < -0.39 is 0 Å². The molecule has 1 saturated carbocycles. The van der Waals surface area contributed by atoms with E-state index in [-0.39, 0.29) is 18.0 Å². The molecule has 3 heteroatoms. The average Bonchev–Trinajstić information content (AvgIpc) is 2.51. The molecule has 1 rings (SSSR count). The molecule has 2 atom stereocenters. The lowest BCUT2D eigenvalue weighted by Gasteiger charge is -2.20. The van der Waals surface area contributed by atoms with Crippen LogP contribution in [0.1, 0.15) is 33.1 Å². The number of hydrogen-bond acceptors (Lipinski definition) is 3. The van der Waals surface area contributed by atoms with Gasteiger partial charge in [-0.3, -0.25) is 4.79 Å². The highest BCUT2D eigenvalue weighted by Crippen LogP contribution is 2.22. The minimum atomic E-state index is -0.0767. The first kappa shape index (κ1) is 10.5. The Labute approximate surface area is 79.8 Å². The fourth-order valence-corrected chi connectivity index (χ4v) is 1.68. The molecule has 0 aromatic carbocycles. The summed E-state index contributed by atoms with van der Waals surface area (Å²) in [5, 5.41) is 3.18. The van der Waals surface area contributed by atoms with Crippen molar-refractivity contribution in [3.63, 3.8) is 0 Å². The molecule has 0 aromatic heterocycles. The van der Waals surface area contributed by atoms with Gasteiger partial charge in [0.15, 0.2) is 0 Å². The zero-order valence-electron chi connectivity index (χ0n) is 8.67. The Balaban J connectivity index is 2.39.